The van der Waals surface area contributed by atoms with Gasteiger partial charge in [0.2, 0.25) is 0 Å². The monoisotopic (exact) mass is 218 g/mol. The summed E-state index contributed by atoms with van der Waals surface area (Å²) < 4.78 is 22.2. The lowest BCUT2D eigenvalue weighted by molar-refractivity contribution is -0.137. The molecule has 0 radical (unpaired) electrons. The second kappa shape index (κ2) is 2.51. The Morgan fingerprint density at radius 3 is 2.07 bits per heavy atom. The fraction of sp³-hybridized carbons (Fsp3) is 0.889. The van der Waals surface area contributed by atoms with E-state index in [-0.39, 0.29) is 11.2 Å². The highest BCUT2D eigenvalue weighted by Gasteiger charge is 2.63. The van der Waals surface area contributed by atoms with E-state index < -0.39 is 20.6 Å². The first kappa shape index (κ1) is 9.96. The van der Waals surface area contributed by atoms with Crippen molar-refractivity contribution in [3.8, 4) is 0 Å². The standard InChI is InChI=1S/C9H14O4S/c1-8(2-3-8)6-14(12,13)9(4-5-9)7(10)11/h2-6H2,1H3,(H,10,11). The summed E-state index contributed by atoms with van der Waals surface area (Å²) in [5.74, 6) is -1.12. The van der Waals surface area contributed by atoms with E-state index in [0.717, 1.165) is 12.8 Å². The van der Waals surface area contributed by atoms with Crippen LogP contribution in [0.5, 0.6) is 0 Å². The molecule has 2 rings (SSSR count). The van der Waals surface area contributed by atoms with E-state index in [9.17, 15) is 13.2 Å². The van der Waals surface area contributed by atoms with Crippen LogP contribution in [-0.2, 0) is 14.6 Å². The van der Waals surface area contributed by atoms with Gasteiger partial charge >= 0.3 is 5.97 Å². The number of rotatable bonds is 4. The molecular formula is C9H14O4S. The number of hydrogen-bond donors (Lipinski definition) is 1. The highest BCUT2D eigenvalue weighted by Crippen LogP contribution is 2.52. The Labute approximate surface area is 83.2 Å². The molecule has 0 amide bonds. The van der Waals surface area contributed by atoms with Crippen molar-refractivity contribution in [2.75, 3.05) is 5.75 Å². The first-order valence-electron chi connectivity index (χ1n) is 4.77. The van der Waals surface area contributed by atoms with Gasteiger partial charge in [-0.3, -0.25) is 4.79 Å². The lowest BCUT2D eigenvalue weighted by Crippen LogP contribution is -2.36. The number of carboxylic acid groups (broad SMARTS) is 1. The molecular weight excluding hydrogens is 204 g/mol. The summed E-state index contributed by atoms with van der Waals surface area (Å²) in [6.45, 7) is 1.91. The summed E-state index contributed by atoms with van der Waals surface area (Å²) >= 11 is 0. The minimum atomic E-state index is -3.44. The first-order chi connectivity index (χ1) is 6.31. The summed E-state index contributed by atoms with van der Waals surface area (Å²) in [7, 11) is -3.44. The van der Waals surface area contributed by atoms with Crippen LogP contribution in [0.4, 0.5) is 0 Å². The minimum Gasteiger partial charge on any atom is -0.480 e. The van der Waals surface area contributed by atoms with Gasteiger partial charge in [-0.25, -0.2) is 8.42 Å². The van der Waals surface area contributed by atoms with Crippen molar-refractivity contribution in [1.82, 2.24) is 0 Å². The Morgan fingerprint density at radius 2 is 1.79 bits per heavy atom. The number of sulfone groups is 1. The average molecular weight is 218 g/mol. The zero-order chi connectivity index (χ0) is 10.6. The Bertz CT molecular complexity index is 374. The first-order valence-corrected chi connectivity index (χ1v) is 6.42. The Kier molecular flexibility index (Phi) is 1.78. The van der Waals surface area contributed by atoms with Crippen LogP contribution in [0.3, 0.4) is 0 Å². The third-order valence-electron chi connectivity index (χ3n) is 3.33. The SMILES string of the molecule is CC1(CS(=O)(=O)C2(C(=O)O)CC2)CC1. The quantitative estimate of drug-likeness (QED) is 0.758. The van der Waals surface area contributed by atoms with Crippen LogP contribution in [0, 0.1) is 5.41 Å². The van der Waals surface area contributed by atoms with Gasteiger partial charge < -0.3 is 5.11 Å². The number of carbonyl (C=O) groups is 1. The number of aliphatic carboxylic acids is 1. The third kappa shape index (κ3) is 1.34. The fourth-order valence-corrected chi connectivity index (χ4v) is 4.20. The summed E-state index contributed by atoms with van der Waals surface area (Å²) in [4.78, 5) is 10.9. The van der Waals surface area contributed by atoms with Gasteiger partial charge in [-0.2, -0.15) is 0 Å². The molecule has 0 aromatic heterocycles. The van der Waals surface area contributed by atoms with Crippen molar-refractivity contribution < 1.29 is 18.3 Å². The molecule has 0 saturated heterocycles. The molecule has 80 valence electrons. The number of hydrogen-bond acceptors (Lipinski definition) is 3. The second-order valence-electron chi connectivity index (χ2n) is 4.87. The van der Waals surface area contributed by atoms with Crippen LogP contribution in [0.25, 0.3) is 0 Å². The van der Waals surface area contributed by atoms with Gasteiger partial charge in [0, 0.05) is 0 Å². The lowest BCUT2D eigenvalue weighted by atomic mass is 10.2. The van der Waals surface area contributed by atoms with Gasteiger partial charge in [-0.05, 0) is 31.1 Å². The van der Waals surface area contributed by atoms with Crippen molar-refractivity contribution in [3.05, 3.63) is 0 Å². The highest BCUT2D eigenvalue weighted by molar-refractivity contribution is 7.93. The highest BCUT2D eigenvalue weighted by atomic mass is 32.2. The second-order valence-corrected chi connectivity index (χ2v) is 7.17. The van der Waals surface area contributed by atoms with E-state index >= 15 is 0 Å². The van der Waals surface area contributed by atoms with E-state index in [1.807, 2.05) is 6.92 Å². The molecule has 1 N–H and O–H groups in total. The topological polar surface area (TPSA) is 71.4 Å². The van der Waals surface area contributed by atoms with Crippen molar-refractivity contribution in [2.45, 2.75) is 37.4 Å². The molecule has 2 aliphatic carbocycles. The fourth-order valence-electron chi connectivity index (χ4n) is 1.73. The molecule has 4 nitrogen and oxygen atoms in total. The van der Waals surface area contributed by atoms with Crippen molar-refractivity contribution in [1.29, 1.82) is 0 Å². The Morgan fingerprint density at radius 1 is 1.29 bits per heavy atom. The summed E-state index contributed by atoms with van der Waals surface area (Å²) in [6.07, 6.45) is 2.39. The molecule has 0 aromatic carbocycles. The molecule has 2 saturated carbocycles. The van der Waals surface area contributed by atoms with Crippen LogP contribution in [0.15, 0.2) is 0 Å². The third-order valence-corrected chi connectivity index (χ3v) is 6.18. The van der Waals surface area contributed by atoms with E-state index in [1.165, 1.54) is 0 Å². The molecule has 5 heteroatoms. The summed E-state index contributed by atoms with van der Waals surface area (Å²) in [5, 5.41) is 8.88. The van der Waals surface area contributed by atoms with E-state index in [2.05, 4.69) is 0 Å². The normalized spacial score (nSPS) is 26.9. The Hall–Kier alpha value is -0.580. The average Bonchev–Trinajstić information content (AvgIpc) is 2.82. The lowest BCUT2D eigenvalue weighted by Gasteiger charge is -2.14. The van der Waals surface area contributed by atoms with Crippen molar-refractivity contribution >= 4 is 15.8 Å². The predicted octanol–water partition coefficient (Wildman–Crippen LogP) is 0.818. The van der Waals surface area contributed by atoms with Crippen molar-refractivity contribution in [3.63, 3.8) is 0 Å². The largest absolute Gasteiger partial charge is 0.480 e. The van der Waals surface area contributed by atoms with Gasteiger partial charge in [0.25, 0.3) is 0 Å². The van der Waals surface area contributed by atoms with Crippen LogP contribution < -0.4 is 0 Å². The van der Waals surface area contributed by atoms with Gasteiger partial charge in [0.05, 0.1) is 5.75 Å². The van der Waals surface area contributed by atoms with Crippen molar-refractivity contribution in [2.24, 2.45) is 5.41 Å². The molecule has 0 heterocycles. The maximum absolute atomic E-state index is 11.8. The summed E-state index contributed by atoms with van der Waals surface area (Å²) in [5.41, 5.74) is -0.135. The van der Waals surface area contributed by atoms with E-state index in [1.54, 1.807) is 0 Å². The maximum Gasteiger partial charge on any atom is 0.325 e. The van der Waals surface area contributed by atoms with Gasteiger partial charge in [-0.1, -0.05) is 6.92 Å². The zero-order valence-corrected chi connectivity index (χ0v) is 8.93. The van der Waals surface area contributed by atoms with Crippen LogP contribution in [0.1, 0.15) is 32.6 Å². The molecule has 0 spiro atoms. The smallest absolute Gasteiger partial charge is 0.325 e. The Balaban J connectivity index is 2.20. The van der Waals surface area contributed by atoms with Crippen LogP contribution >= 0.6 is 0 Å². The molecule has 0 bridgehead atoms. The summed E-state index contributed by atoms with van der Waals surface area (Å²) in [6, 6.07) is 0. The van der Waals surface area contributed by atoms with E-state index in [0.29, 0.717) is 12.8 Å². The number of carboxylic acids is 1. The van der Waals surface area contributed by atoms with Crippen LogP contribution in [-0.4, -0.2) is 30.0 Å². The van der Waals surface area contributed by atoms with Crippen LogP contribution in [0.2, 0.25) is 0 Å². The predicted molar refractivity (Wildman–Crippen MR) is 50.7 cm³/mol. The van der Waals surface area contributed by atoms with Gasteiger partial charge in [0.1, 0.15) is 0 Å². The van der Waals surface area contributed by atoms with Gasteiger partial charge in [0.15, 0.2) is 14.6 Å². The molecule has 0 aliphatic heterocycles. The molecule has 0 aromatic rings. The minimum absolute atomic E-state index is 0.0479. The van der Waals surface area contributed by atoms with Gasteiger partial charge in [-0.15, -0.1) is 0 Å². The molecule has 2 aliphatic rings. The molecule has 0 unspecified atom stereocenters. The van der Waals surface area contributed by atoms with E-state index in [4.69, 9.17) is 5.11 Å². The maximum atomic E-state index is 11.8. The molecule has 0 atom stereocenters. The molecule has 14 heavy (non-hydrogen) atoms. The molecule has 2 fully saturated rings. The zero-order valence-electron chi connectivity index (χ0n) is 8.12.